The van der Waals surface area contributed by atoms with Gasteiger partial charge in [-0.05, 0) is 25.7 Å². The van der Waals surface area contributed by atoms with Crippen molar-refractivity contribution in [3.63, 3.8) is 0 Å². The van der Waals surface area contributed by atoms with Gasteiger partial charge in [-0.15, -0.1) is 0 Å². The number of hydrogen-bond acceptors (Lipinski definition) is 3. The minimum absolute atomic E-state index is 0.135. The zero-order chi connectivity index (χ0) is 13.4. The predicted molar refractivity (Wildman–Crippen MR) is 73.3 cm³/mol. The number of nitrogens with two attached hydrogens (primary N) is 1. The van der Waals surface area contributed by atoms with Crippen molar-refractivity contribution in [1.82, 2.24) is 5.32 Å². The number of carbonyl (C=O) groups excluding carboxylic acids is 1. The Labute approximate surface area is 111 Å². The summed E-state index contributed by atoms with van der Waals surface area (Å²) in [5, 5.41) is 3.20. The summed E-state index contributed by atoms with van der Waals surface area (Å²) in [6, 6.07) is 0. The van der Waals surface area contributed by atoms with Crippen LogP contribution in [0.1, 0.15) is 52.4 Å². The van der Waals surface area contributed by atoms with Crippen LogP contribution in [0.3, 0.4) is 0 Å². The van der Waals surface area contributed by atoms with Gasteiger partial charge in [-0.3, -0.25) is 4.79 Å². The molecule has 0 saturated carbocycles. The monoisotopic (exact) mass is 256 g/mol. The van der Waals surface area contributed by atoms with Crippen molar-refractivity contribution in [3.8, 4) is 0 Å². The number of nitrogens with one attached hydrogen (secondary N) is 1. The molecular formula is C14H28N2O2. The minimum atomic E-state index is -0.227. The van der Waals surface area contributed by atoms with Gasteiger partial charge in [-0.25, -0.2) is 0 Å². The second-order valence-corrected chi connectivity index (χ2v) is 5.33. The second-order valence-electron chi connectivity index (χ2n) is 5.33. The summed E-state index contributed by atoms with van der Waals surface area (Å²) in [5.74, 6) is 0.314. The lowest BCUT2D eigenvalue weighted by Crippen LogP contribution is -2.57. The van der Waals surface area contributed by atoms with Gasteiger partial charge in [0.15, 0.2) is 0 Å². The standard InChI is InChI=1S/C14H28N2O2/c1-3-5-6-12(4-2)13(17)16-14(11-15)7-9-18-10-8-14/h12H,3-11,15H2,1-2H3,(H,16,17). The lowest BCUT2D eigenvalue weighted by molar-refractivity contribution is -0.128. The lowest BCUT2D eigenvalue weighted by atomic mass is 9.88. The maximum atomic E-state index is 12.3. The first kappa shape index (κ1) is 15.4. The molecule has 1 atom stereocenters. The largest absolute Gasteiger partial charge is 0.381 e. The van der Waals surface area contributed by atoms with Crippen LogP contribution < -0.4 is 11.1 Å². The molecule has 1 unspecified atom stereocenters. The Hall–Kier alpha value is -0.610. The fourth-order valence-corrected chi connectivity index (χ4v) is 2.48. The maximum absolute atomic E-state index is 12.3. The number of ether oxygens (including phenoxy) is 1. The third-order valence-corrected chi connectivity index (χ3v) is 4.00. The molecule has 0 aromatic carbocycles. The fourth-order valence-electron chi connectivity index (χ4n) is 2.48. The van der Waals surface area contributed by atoms with Gasteiger partial charge in [-0.1, -0.05) is 26.7 Å². The topological polar surface area (TPSA) is 64.4 Å². The van der Waals surface area contributed by atoms with Crippen molar-refractivity contribution in [2.24, 2.45) is 11.7 Å². The Kier molecular flexibility index (Phi) is 6.65. The van der Waals surface area contributed by atoms with E-state index >= 15 is 0 Å². The van der Waals surface area contributed by atoms with Crippen LogP contribution in [-0.2, 0) is 9.53 Å². The lowest BCUT2D eigenvalue weighted by Gasteiger charge is -2.38. The van der Waals surface area contributed by atoms with Gasteiger partial charge in [0.05, 0.1) is 5.54 Å². The van der Waals surface area contributed by atoms with Crippen LogP contribution in [0.15, 0.2) is 0 Å². The smallest absolute Gasteiger partial charge is 0.223 e. The zero-order valence-corrected chi connectivity index (χ0v) is 11.8. The zero-order valence-electron chi connectivity index (χ0n) is 11.8. The molecule has 0 aromatic heterocycles. The van der Waals surface area contributed by atoms with Crippen LogP contribution >= 0.6 is 0 Å². The van der Waals surface area contributed by atoms with E-state index in [2.05, 4.69) is 19.2 Å². The first-order valence-corrected chi connectivity index (χ1v) is 7.27. The van der Waals surface area contributed by atoms with Crippen molar-refractivity contribution in [2.75, 3.05) is 19.8 Å². The molecular weight excluding hydrogens is 228 g/mol. The van der Waals surface area contributed by atoms with E-state index in [0.29, 0.717) is 19.8 Å². The Morgan fingerprint density at radius 3 is 2.56 bits per heavy atom. The molecule has 0 spiro atoms. The summed E-state index contributed by atoms with van der Waals surface area (Å²) in [6.07, 6.45) is 5.81. The van der Waals surface area contributed by atoms with Crippen LogP contribution in [0.25, 0.3) is 0 Å². The van der Waals surface area contributed by atoms with Crippen LogP contribution in [0, 0.1) is 5.92 Å². The summed E-state index contributed by atoms with van der Waals surface area (Å²) < 4.78 is 5.35. The molecule has 4 heteroatoms. The van der Waals surface area contributed by atoms with Crippen LogP contribution in [-0.4, -0.2) is 31.2 Å². The third-order valence-electron chi connectivity index (χ3n) is 4.00. The Bertz CT molecular complexity index is 250. The number of rotatable bonds is 7. The first-order valence-electron chi connectivity index (χ1n) is 7.27. The summed E-state index contributed by atoms with van der Waals surface area (Å²) in [4.78, 5) is 12.3. The van der Waals surface area contributed by atoms with Crippen molar-refractivity contribution in [3.05, 3.63) is 0 Å². The van der Waals surface area contributed by atoms with E-state index in [9.17, 15) is 4.79 Å². The Morgan fingerprint density at radius 1 is 1.39 bits per heavy atom. The average molecular weight is 256 g/mol. The van der Waals surface area contributed by atoms with Gasteiger partial charge in [0.1, 0.15) is 0 Å². The molecule has 1 amide bonds. The van der Waals surface area contributed by atoms with Crippen molar-refractivity contribution >= 4 is 5.91 Å². The van der Waals surface area contributed by atoms with Gasteiger partial charge in [0.25, 0.3) is 0 Å². The normalized spacial score (nSPS) is 20.4. The van der Waals surface area contributed by atoms with Crippen LogP contribution in [0.2, 0.25) is 0 Å². The van der Waals surface area contributed by atoms with Crippen molar-refractivity contribution < 1.29 is 9.53 Å². The van der Waals surface area contributed by atoms with Crippen molar-refractivity contribution in [1.29, 1.82) is 0 Å². The Morgan fingerprint density at radius 2 is 2.06 bits per heavy atom. The highest BCUT2D eigenvalue weighted by molar-refractivity contribution is 5.79. The van der Waals surface area contributed by atoms with E-state index in [1.807, 2.05) is 0 Å². The van der Waals surface area contributed by atoms with Gasteiger partial charge in [-0.2, -0.15) is 0 Å². The molecule has 3 N–H and O–H groups in total. The van der Waals surface area contributed by atoms with E-state index in [-0.39, 0.29) is 17.4 Å². The molecule has 1 saturated heterocycles. The summed E-state index contributed by atoms with van der Waals surface area (Å²) >= 11 is 0. The van der Waals surface area contributed by atoms with Gasteiger partial charge in [0.2, 0.25) is 5.91 Å². The summed E-state index contributed by atoms with van der Waals surface area (Å²) in [5.41, 5.74) is 5.63. The number of unbranched alkanes of at least 4 members (excludes halogenated alkanes) is 1. The molecule has 106 valence electrons. The van der Waals surface area contributed by atoms with E-state index in [0.717, 1.165) is 38.5 Å². The Balaban J connectivity index is 2.53. The number of hydrogen-bond donors (Lipinski definition) is 2. The molecule has 0 radical (unpaired) electrons. The molecule has 1 rings (SSSR count). The molecule has 1 heterocycles. The van der Waals surface area contributed by atoms with E-state index in [4.69, 9.17) is 10.5 Å². The highest BCUT2D eigenvalue weighted by Crippen LogP contribution is 2.21. The highest BCUT2D eigenvalue weighted by Gasteiger charge is 2.34. The summed E-state index contributed by atoms with van der Waals surface area (Å²) in [7, 11) is 0. The number of amides is 1. The van der Waals surface area contributed by atoms with Gasteiger partial charge < -0.3 is 15.8 Å². The van der Waals surface area contributed by atoms with Gasteiger partial charge >= 0.3 is 0 Å². The number of carbonyl (C=O) groups is 1. The molecule has 1 aliphatic heterocycles. The van der Waals surface area contributed by atoms with E-state index in [1.54, 1.807) is 0 Å². The summed E-state index contributed by atoms with van der Waals surface area (Å²) in [6.45, 7) is 6.14. The second kappa shape index (κ2) is 7.74. The molecule has 0 bridgehead atoms. The van der Waals surface area contributed by atoms with E-state index in [1.165, 1.54) is 0 Å². The maximum Gasteiger partial charge on any atom is 0.223 e. The molecule has 4 nitrogen and oxygen atoms in total. The fraction of sp³-hybridized carbons (Fsp3) is 0.929. The highest BCUT2D eigenvalue weighted by atomic mass is 16.5. The van der Waals surface area contributed by atoms with Gasteiger partial charge in [0, 0.05) is 25.7 Å². The van der Waals surface area contributed by atoms with Crippen molar-refractivity contribution in [2.45, 2.75) is 57.9 Å². The van der Waals surface area contributed by atoms with Crippen LogP contribution in [0.5, 0.6) is 0 Å². The predicted octanol–water partition coefficient (Wildman–Crippen LogP) is 1.83. The average Bonchev–Trinajstić information content (AvgIpc) is 2.40. The molecule has 1 fully saturated rings. The molecule has 0 aliphatic carbocycles. The van der Waals surface area contributed by atoms with Crippen LogP contribution in [0.4, 0.5) is 0 Å². The first-order chi connectivity index (χ1) is 8.67. The minimum Gasteiger partial charge on any atom is -0.381 e. The third kappa shape index (κ3) is 4.25. The molecule has 0 aromatic rings. The molecule has 18 heavy (non-hydrogen) atoms. The van der Waals surface area contributed by atoms with E-state index < -0.39 is 0 Å². The quantitative estimate of drug-likeness (QED) is 0.730. The molecule has 1 aliphatic rings. The SMILES string of the molecule is CCCCC(CC)C(=O)NC1(CN)CCOCC1.